The van der Waals surface area contributed by atoms with Crippen molar-refractivity contribution in [3.8, 4) is 23.3 Å². The lowest BCUT2D eigenvalue weighted by atomic mass is 10.00. The van der Waals surface area contributed by atoms with Gasteiger partial charge in [0, 0.05) is 29.1 Å². The molecule has 0 bridgehead atoms. The van der Waals surface area contributed by atoms with E-state index in [1.54, 1.807) is 6.33 Å². The SMILES string of the molecule is C(#CC1CCCNC1)c1ccc2ncnc(Nc3ccc(Oc4ccccc4)cc3)c2c1. The number of para-hydroxylation sites is 1. The quantitative estimate of drug-likeness (QED) is 0.426. The van der Waals surface area contributed by atoms with Gasteiger partial charge in [-0.2, -0.15) is 0 Å². The van der Waals surface area contributed by atoms with Gasteiger partial charge in [-0.25, -0.2) is 9.97 Å². The summed E-state index contributed by atoms with van der Waals surface area (Å²) in [5.41, 5.74) is 2.79. The van der Waals surface area contributed by atoms with Crippen LogP contribution in [0.4, 0.5) is 11.5 Å². The maximum Gasteiger partial charge on any atom is 0.141 e. The predicted octanol–water partition coefficient (Wildman–Crippen LogP) is 5.52. The van der Waals surface area contributed by atoms with Crippen LogP contribution in [-0.4, -0.2) is 23.1 Å². The third-order valence-corrected chi connectivity index (χ3v) is 5.45. The molecule has 0 spiro atoms. The van der Waals surface area contributed by atoms with E-state index >= 15 is 0 Å². The molecule has 0 amide bonds. The van der Waals surface area contributed by atoms with E-state index in [9.17, 15) is 0 Å². The molecular weight excluding hydrogens is 396 g/mol. The van der Waals surface area contributed by atoms with E-state index in [0.29, 0.717) is 5.92 Å². The molecule has 1 aromatic heterocycles. The molecule has 1 atom stereocenters. The van der Waals surface area contributed by atoms with Crippen molar-refractivity contribution >= 4 is 22.4 Å². The van der Waals surface area contributed by atoms with Crippen LogP contribution in [0, 0.1) is 17.8 Å². The van der Waals surface area contributed by atoms with E-state index in [2.05, 4.69) is 38.5 Å². The molecule has 5 rings (SSSR count). The fourth-order valence-corrected chi connectivity index (χ4v) is 3.76. The first kappa shape index (κ1) is 20.0. The smallest absolute Gasteiger partial charge is 0.141 e. The summed E-state index contributed by atoms with van der Waals surface area (Å²) in [6.07, 6.45) is 3.93. The highest BCUT2D eigenvalue weighted by Gasteiger charge is 2.10. The molecule has 1 saturated heterocycles. The van der Waals surface area contributed by atoms with Crippen LogP contribution < -0.4 is 15.4 Å². The Morgan fingerprint density at radius 2 is 1.78 bits per heavy atom. The van der Waals surface area contributed by atoms with Crippen molar-refractivity contribution in [3.63, 3.8) is 0 Å². The van der Waals surface area contributed by atoms with Gasteiger partial charge in [-0.15, -0.1) is 0 Å². The Labute approximate surface area is 187 Å². The maximum atomic E-state index is 5.87. The summed E-state index contributed by atoms with van der Waals surface area (Å²) in [4.78, 5) is 8.88. The molecular formula is C27H24N4O. The van der Waals surface area contributed by atoms with Crippen LogP contribution in [0.2, 0.25) is 0 Å². The minimum absolute atomic E-state index is 0.417. The number of anilines is 2. The minimum Gasteiger partial charge on any atom is -0.457 e. The summed E-state index contributed by atoms with van der Waals surface area (Å²) in [7, 11) is 0. The van der Waals surface area contributed by atoms with Gasteiger partial charge < -0.3 is 15.4 Å². The van der Waals surface area contributed by atoms with E-state index in [1.807, 2.05) is 66.7 Å². The standard InChI is InChI=1S/C27H24N4O/c1-2-6-23(7-3-1)32-24-13-11-22(12-14-24)31-27-25-17-20(10-15-26(25)29-19-30-27)8-9-21-5-4-16-28-18-21/h1-3,6-7,10-15,17,19,21,28H,4-5,16,18H2,(H,29,30,31). The van der Waals surface area contributed by atoms with Crippen molar-refractivity contribution < 1.29 is 4.74 Å². The van der Waals surface area contributed by atoms with Gasteiger partial charge in [0.2, 0.25) is 0 Å². The number of nitrogens with zero attached hydrogens (tertiary/aromatic N) is 2. The van der Waals surface area contributed by atoms with Crippen LogP contribution >= 0.6 is 0 Å². The number of piperidine rings is 1. The molecule has 4 aromatic rings. The Morgan fingerprint density at radius 3 is 2.59 bits per heavy atom. The Kier molecular flexibility index (Phi) is 5.95. The summed E-state index contributed by atoms with van der Waals surface area (Å²) < 4.78 is 5.87. The Bertz CT molecular complexity index is 1250. The Morgan fingerprint density at radius 1 is 0.938 bits per heavy atom. The van der Waals surface area contributed by atoms with Gasteiger partial charge >= 0.3 is 0 Å². The molecule has 5 nitrogen and oxygen atoms in total. The number of hydrogen-bond donors (Lipinski definition) is 2. The molecule has 1 fully saturated rings. The molecule has 0 saturated carbocycles. The summed E-state index contributed by atoms with van der Waals surface area (Å²) in [5.74, 6) is 9.52. The zero-order chi connectivity index (χ0) is 21.6. The van der Waals surface area contributed by atoms with Gasteiger partial charge in [-0.1, -0.05) is 30.0 Å². The fourth-order valence-electron chi connectivity index (χ4n) is 3.76. The second-order valence-electron chi connectivity index (χ2n) is 7.83. The monoisotopic (exact) mass is 420 g/mol. The van der Waals surface area contributed by atoms with E-state index in [-0.39, 0.29) is 0 Å². The van der Waals surface area contributed by atoms with Gasteiger partial charge in [0.25, 0.3) is 0 Å². The van der Waals surface area contributed by atoms with Crippen molar-refractivity contribution in [3.05, 3.63) is 84.7 Å². The molecule has 0 aliphatic carbocycles. The molecule has 2 N–H and O–H groups in total. The topological polar surface area (TPSA) is 59.1 Å². The average molecular weight is 421 g/mol. The molecule has 1 unspecified atom stereocenters. The minimum atomic E-state index is 0.417. The highest BCUT2D eigenvalue weighted by Crippen LogP contribution is 2.27. The number of aromatic nitrogens is 2. The van der Waals surface area contributed by atoms with Crippen LogP contribution in [0.15, 0.2) is 79.1 Å². The lowest BCUT2D eigenvalue weighted by Crippen LogP contribution is -2.28. The summed E-state index contributed by atoms with van der Waals surface area (Å²) in [6.45, 7) is 2.07. The van der Waals surface area contributed by atoms with Crippen molar-refractivity contribution in [1.29, 1.82) is 0 Å². The van der Waals surface area contributed by atoms with Crippen LogP contribution in [0.5, 0.6) is 11.5 Å². The van der Waals surface area contributed by atoms with Gasteiger partial charge in [-0.3, -0.25) is 0 Å². The van der Waals surface area contributed by atoms with Crippen LogP contribution in [0.25, 0.3) is 10.9 Å². The van der Waals surface area contributed by atoms with E-state index in [0.717, 1.165) is 59.0 Å². The number of rotatable bonds is 4. The van der Waals surface area contributed by atoms with Crippen LogP contribution in [0.1, 0.15) is 18.4 Å². The van der Waals surface area contributed by atoms with Crippen molar-refractivity contribution in [1.82, 2.24) is 15.3 Å². The normalized spacial score (nSPS) is 15.6. The molecule has 158 valence electrons. The zero-order valence-corrected chi connectivity index (χ0v) is 17.7. The van der Waals surface area contributed by atoms with Gasteiger partial charge in [0.1, 0.15) is 23.6 Å². The largest absolute Gasteiger partial charge is 0.457 e. The van der Waals surface area contributed by atoms with Crippen molar-refractivity contribution in [2.75, 3.05) is 18.4 Å². The number of fused-ring (bicyclic) bond motifs is 1. The number of hydrogen-bond acceptors (Lipinski definition) is 5. The molecule has 5 heteroatoms. The first-order valence-corrected chi connectivity index (χ1v) is 10.9. The third kappa shape index (κ3) is 4.88. The van der Waals surface area contributed by atoms with Crippen LogP contribution in [-0.2, 0) is 0 Å². The van der Waals surface area contributed by atoms with E-state index in [1.165, 1.54) is 6.42 Å². The Hall–Kier alpha value is -3.88. The number of nitrogens with one attached hydrogen (secondary N) is 2. The molecule has 3 aromatic carbocycles. The number of benzene rings is 3. The zero-order valence-electron chi connectivity index (χ0n) is 17.7. The van der Waals surface area contributed by atoms with Gasteiger partial charge in [0.15, 0.2) is 0 Å². The first-order valence-electron chi connectivity index (χ1n) is 10.9. The highest BCUT2D eigenvalue weighted by atomic mass is 16.5. The van der Waals surface area contributed by atoms with Crippen molar-refractivity contribution in [2.45, 2.75) is 12.8 Å². The fraction of sp³-hybridized carbons (Fsp3) is 0.185. The summed E-state index contributed by atoms with van der Waals surface area (Å²) in [5, 5.41) is 7.77. The molecule has 0 radical (unpaired) electrons. The van der Waals surface area contributed by atoms with E-state index in [4.69, 9.17) is 4.74 Å². The second-order valence-corrected chi connectivity index (χ2v) is 7.83. The second kappa shape index (κ2) is 9.51. The van der Waals surface area contributed by atoms with Crippen molar-refractivity contribution in [2.24, 2.45) is 5.92 Å². The molecule has 2 heterocycles. The highest BCUT2D eigenvalue weighted by molar-refractivity contribution is 5.91. The van der Waals surface area contributed by atoms with Gasteiger partial charge in [-0.05, 0) is 74.0 Å². The lowest BCUT2D eigenvalue weighted by molar-refractivity contribution is 0.449. The van der Waals surface area contributed by atoms with E-state index < -0.39 is 0 Å². The predicted molar refractivity (Wildman–Crippen MR) is 128 cm³/mol. The first-order chi connectivity index (χ1) is 15.8. The Balaban J connectivity index is 1.35. The summed E-state index contributed by atoms with van der Waals surface area (Å²) in [6, 6.07) is 23.7. The average Bonchev–Trinajstić information content (AvgIpc) is 2.85. The molecule has 32 heavy (non-hydrogen) atoms. The molecule has 1 aliphatic rings. The molecule has 1 aliphatic heterocycles. The van der Waals surface area contributed by atoms with Gasteiger partial charge in [0.05, 0.1) is 5.52 Å². The number of ether oxygens (including phenoxy) is 1. The third-order valence-electron chi connectivity index (χ3n) is 5.45. The lowest BCUT2D eigenvalue weighted by Gasteiger charge is -2.17. The maximum absolute atomic E-state index is 5.87. The van der Waals surface area contributed by atoms with Crippen LogP contribution in [0.3, 0.4) is 0 Å². The summed E-state index contributed by atoms with van der Waals surface area (Å²) >= 11 is 0.